The fourth-order valence-corrected chi connectivity index (χ4v) is 2.20. The maximum absolute atomic E-state index is 10.0. The molecule has 16 heavy (non-hydrogen) atoms. The number of halogens is 1. The minimum atomic E-state index is -0.555. The molecule has 3 heteroatoms. The first kappa shape index (κ1) is 11.4. The van der Waals surface area contributed by atoms with Crippen molar-refractivity contribution in [2.24, 2.45) is 0 Å². The van der Waals surface area contributed by atoms with E-state index < -0.39 is 6.10 Å². The van der Waals surface area contributed by atoms with E-state index in [2.05, 4.69) is 15.9 Å². The number of hydrogen-bond acceptors (Lipinski definition) is 2. The second kappa shape index (κ2) is 4.85. The fraction of sp³-hybridized carbons (Fsp3) is 0.231. The van der Waals surface area contributed by atoms with E-state index in [0.29, 0.717) is 5.33 Å². The number of hydrogen-bond donors (Lipinski definition) is 1. The van der Waals surface area contributed by atoms with Crippen LogP contribution < -0.4 is 4.74 Å². The predicted octanol–water partition coefficient (Wildman–Crippen LogP) is 3.28. The van der Waals surface area contributed by atoms with Gasteiger partial charge in [-0.05, 0) is 16.8 Å². The molecule has 0 bridgehead atoms. The van der Waals surface area contributed by atoms with Gasteiger partial charge in [-0.2, -0.15) is 0 Å². The zero-order valence-electron chi connectivity index (χ0n) is 8.98. The Hall–Kier alpha value is -1.06. The van der Waals surface area contributed by atoms with Crippen molar-refractivity contribution in [3.63, 3.8) is 0 Å². The van der Waals surface area contributed by atoms with E-state index in [9.17, 15) is 5.11 Å². The minimum absolute atomic E-state index is 0.497. The lowest BCUT2D eigenvalue weighted by Gasteiger charge is -2.15. The molecule has 0 amide bonds. The number of fused-ring (bicyclic) bond motifs is 1. The van der Waals surface area contributed by atoms with E-state index in [1.54, 1.807) is 7.11 Å². The molecule has 0 aromatic heterocycles. The minimum Gasteiger partial charge on any atom is -0.496 e. The molecule has 0 aliphatic heterocycles. The molecule has 0 saturated carbocycles. The van der Waals surface area contributed by atoms with Gasteiger partial charge in [0.05, 0.1) is 13.2 Å². The van der Waals surface area contributed by atoms with Crippen molar-refractivity contribution in [3.8, 4) is 5.75 Å². The third-order valence-corrected chi connectivity index (χ3v) is 3.24. The molecule has 0 fully saturated rings. The SMILES string of the molecule is COc1ccc2ccccc2c1C(O)CBr. The Bertz CT molecular complexity index is 496. The lowest BCUT2D eigenvalue weighted by molar-refractivity contribution is 0.202. The molecule has 0 aliphatic rings. The van der Waals surface area contributed by atoms with Crippen LogP contribution in [0.2, 0.25) is 0 Å². The van der Waals surface area contributed by atoms with Gasteiger partial charge in [0.1, 0.15) is 5.75 Å². The molecule has 2 rings (SSSR count). The summed E-state index contributed by atoms with van der Waals surface area (Å²) in [4.78, 5) is 0. The van der Waals surface area contributed by atoms with E-state index in [0.717, 1.165) is 22.1 Å². The second-order valence-electron chi connectivity index (χ2n) is 3.57. The maximum Gasteiger partial charge on any atom is 0.125 e. The van der Waals surface area contributed by atoms with Gasteiger partial charge >= 0.3 is 0 Å². The molecule has 1 N–H and O–H groups in total. The highest BCUT2D eigenvalue weighted by molar-refractivity contribution is 9.09. The lowest BCUT2D eigenvalue weighted by atomic mass is 10.00. The summed E-state index contributed by atoms with van der Waals surface area (Å²) in [5.41, 5.74) is 0.845. The number of alkyl halides is 1. The van der Waals surface area contributed by atoms with Gasteiger partial charge in [-0.3, -0.25) is 0 Å². The zero-order chi connectivity index (χ0) is 11.5. The van der Waals surface area contributed by atoms with Crippen molar-refractivity contribution >= 4 is 26.7 Å². The van der Waals surface area contributed by atoms with Gasteiger partial charge in [0.2, 0.25) is 0 Å². The highest BCUT2D eigenvalue weighted by Crippen LogP contribution is 2.33. The first-order valence-electron chi connectivity index (χ1n) is 5.07. The van der Waals surface area contributed by atoms with Gasteiger partial charge in [0.15, 0.2) is 0 Å². The second-order valence-corrected chi connectivity index (χ2v) is 4.22. The normalized spacial score (nSPS) is 12.7. The van der Waals surface area contributed by atoms with Gasteiger partial charge in [0, 0.05) is 10.9 Å². The van der Waals surface area contributed by atoms with Crippen molar-refractivity contribution in [2.75, 3.05) is 12.4 Å². The number of benzene rings is 2. The monoisotopic (exact) mass is 280 g/mol. The lowest BCUT2D eigenvalue weighted by Crippen LogP contribution is -2.02. The molecule has 84 valence electrons. The van der Waals surface area contributed by atoms with Gasteiger partial charge in [-0.25, -0.2) is 0 Å². The Balaban J connectivity index is 2.72. The largest absolute Gasteiger partial charge is 0.496 e. The molecule has 2 nitrogen and oxygen atoms in total. The van der Waals surface area contributed by atoms with Gasteiger partial charge in [0.25, 0.3) is 0 Å². The highest BCUT2D eigenvalue weighted by atomic mass is 79.9. The van der Waals surface area contributed by atoms with Crippen LogP contribution >= 0.6 is 15.9 Å². The van der Waals surface area contributed by atoms with E-state index in [1.807, 2.05) is 36.4 Å². The Kier molecular flexibility index (Phi) is 3.46. The van der Waals surface area contributed by atoms with E-state index in [-0.39, 0.29) is 0 Å². The number of ether oxygens (including phenoxy) is 1. The molecular weight excluding hydrogens is 268 g/mol. The Morgan fingerprint density at radius 3 is 2.69 bits per heavy atom. The molecule has 1 unspecified atom stereocenters. The number of aliphatic hydroxyl groups is 1. The van der Waals surface area contributed by atoms with Crippen molar-refractivity contribution in [1.82, 2.24) is 0 Å². The van der Waals surface area contributed by atoms with Crippen LogP contribution in [-0.4, -0.2) is 17.5 Å². The molecule has 1 atom stereocenters. The summed E-state index contributed by atoms with van der Waals surface area (Å²) in [6, 6.07) is 11.9. The van der Waals surface area contributed by atoms with Crippen molar-refractivity contribution in [3.05, 3.63) is 42.0 Å². The molecule has 0 spiro atoms. The van der Waals surface area contributed by atoms with E-state index in [4.69, 9.17) is 4.74 Å². The summed E-state index contributed by atoms with van der Waals surface area (Å²) in [6.45, 7) is 0. The van der Waals surface area contributed by atoms with Crippen LogP contribution in [-0.2, 0) is 0 Å². The summed E-state index contributed by atoms with van der Waals surface area (Å²) in [7, 11) is 1.62. The van der Waals surface area contributed by atoms with Crippen molar-refractivity contribution < 1.29 is 9.84 Å². The van der Waals surface area contributed by atoms with Crippen LogP contribution in [0.4, 0.5) is 0 Å². The first-order chi connectivity index (χ1) is 7.77. The standard InChI is InChI=1S/C13H13BrO2/c1-16-12-7-6-9-4-2-3-5-10(9)13(12)11(15)8-14/h2-7,11,15H,8H2,1H3. The molecule has 0 heterocycles. The smallest absolute Gasteiger partial charge is 0.125 e. The highest BCUT2D eigenvalue weighted by Gasteiger charge is 2.15. The maximum atomic E-state index is 10.0. The molecule has 0 aliphatic carbocycles. The quantitative estimate of drug-likeness (QED) is 0.875. The molecule has 2 aromatic rings. The van der Waals surface area contributed by atoms with Crippen LogP contribution in [0.1, 0.15) is 11.7 Å². The average Bonchev–Trinajstić information content (AvgIpc) is 2.36. The molecular formula is C13H13BrO2. The van der Waals surface area contributed by atoms with Crippen LogP contribution in [0.15, 0.2) is 36.4 Å². The Morgan fingerprint density at radius 1 is 1.25 bits per heavy atom. The average molecular weight is 281 g/mol. The number of methoxy groups -OCH3 is 1. The number of rotatable bonds is 3. The van der Waals surface area contributed by atoms with Gasteiger partial charge < -0.3 is 9.84 Å². The fourth-order valence-electron chi connectivity index (χ4n) is 1.87. The first-order valence-corrected chi connectivity index (χ1v) is 6.19. The summed E-state index contributed by atoms with van der Waals surface area (Å²) in [5, 5.41) is 12.7. The van der Waals surface area contributed by atoms with Crippen LogP contribution in [0.5, 0.6) is 5.75 Å². The van der Waals surface area contributed by atoms with Gasteiger partial charge in [-0.1, -0.05) is 46.3 Å². The zero-order valence-corrected chi connectivity index (χ0v) is 10.6. The molecule has 0 radical (unpaired) electrons. The third kappa shape index (κ3) is 1.93. The van der Waals surface area contributed by atoms with Crippen LogP contribution in [0.25, 0.3) is 10.8 Å². The topological polar surface area (TPSA) is 29.5 Å². The van der Waals surface area contributed by atoms with Crippen molar-refractivity contribution in [1.29, 1.82) is 0 Å². The van der Waals surface area contributed by atoms with Crippen molar-refractivity contribution in [2.45, 2.75) is 6.10 Å². The Morgan fingerprint density at radius 2 is 2.00 bits per heavy atom. The molecule has 0 saturated heterocycles. The summed E-state index contributed by atoms with van der Waals surface area (Å²) in [5.74, 6) is 0.727. The molecule has 2 aromatic carbocycles. The Labute approximate surface area is 103 Å². The summed E-state index contributed by atoms with van der Waals surface area (Å²) >= 11 is 3.30. The van der Waals surface area contributed by atoms with Crippen LogP contribution in [0, 0.1) is 0 Å². The van der Waals surface area contributed by atoms with Gasteiger partial charge in [-0.15, -0.1) is 0 Å². The third-order valence-electron chi connectivity index (χ3n) is 2.63. The summed E-state index contributed by atoms with van der Waals surface area (Å²) in [6.07, 6.45) is -0.555. The number of aliphatic hydroxyl groups excluding tert-OH is 1. The summed E-state index contributed by atoms with van der Waals surface area (Å²) < 4.78 is 5.30. The van der Waals surface area contributed by atoms with Crippen LogP contribution in [0.3, 0.4) is 0 Å². The predicted molar refractivity (Wildman–Crippen MR) is 69.3 cm³/mol. The van der Waals surface area contributed by atoms with E-state index >= 15 is 0 Å². The van der Waals surface area contributed by atoms with E-state index in [1.165, 1.54) is 0 Å².